The Morgan fingerprint density at radius 2 is 2.00 bits per heavy atom. The molecule has 0 aliphatic carbocycles. The van der Waals surface area contributed by atoms with E-state index in [1.54, 1.807) is 0 Å². The number of nitrogens with one attached hydrogen (secondary N) is 1. The molecule has 2 fully saturated rings. The molecule has 1 N–H and O–H groups in total. The van der Waals surface area contributed by atoms with Crippen LogP contribution < -0.4 is 5.32 Å². The zero-order valence-corrected chi connectivity index (χ0v) is 9.87. The first-order valence-corrected chi connectivity index (χ1v) is 6.33. The molecule has 2 aliphatic heterocycles. The maximum atomic E-state index is 5.40. The lowest BCUT2D eigenvalue weighted by atomic mass is 10.00. The van der Waals surface area contributed by atoms with Crippen LogP contribution >= 0.6 is 0 Å². The van der Waals surface area contributed by atoms with Gasteiger partial charge in [-0.05, 0) is 51.2 Å². The molecule has 1 unspecified atom stereocenters. The first-order valence-electron chi connectivity index (χ1n) is 6.33. The van der Waals surface area contributed by atoms with Crippen LogP contribution in [0.25, 0.3) is 0 Å². The number of ether oxygens (including phenoxy) is 1. The highest BCUT2D eigenvalue weighted by Crippen LogP contribution is 2.21. The van der Waals surface area contributed by atoms with E-state index in [9.17, 15) is 0 Å². The second-order valence-electron chi connectivity index (χ2n) is 5.03. The predicted octanol–water partition coefficient (Wildman–Crippen LogP) is 0.954. The van der Waals surface area contributed by atoms with Gasteiger partial charge in [0, 0.05) is 26.3 Å². The van der Waals surface area contributed by atoms with Crippen molar-refractivity contribution in [3.8, 4) is 0 Å². The third-order valence-electron chi connectivity index (χ3n) is 3.72. The highest BCUT2D eigenvalue weighted by atomic mass is 16.5. The molecule has 2 heterocycles. The van der Waals surface area contributed by atoms with Crippen LogP contribution in [0.2, 0.25) is 0 Å². The van der Waals surface area contributed by atoms with Crippen molar-refractivity contribution in [1.82, 2.24) is 10.2 Å². The van der Waals surface area contributed by atoms with E-state index in [0.29, 0.717) is 0 Å². The normalized spacial score (nSPS) is 29.8. The second-order valence-corrected chi connectivity index (χ2v) is 5.03. The van der Waals surface area contributed by atoms with Crippen molar-refractivity contribution in [3.05, 3.63) is 0 Å². The fourth-order valence-corrected chi connectivity index (χ4v) is 2.83. The summed E-state index contributed by atoms with van der Waals surface area (Å²) in [5, 5.41) is 3.29. The predicted molar refractivity (Wildman–Crippen MR) is 62.0 cm³/mol. The third-order valence-corrected chi connectivity index (χ3v) is 3.72. The molecule has 2 aliphatic rings. The molecule has 0 spiro atoms. The maximum Gasteiger partial charge on any atom is 0.0469 e. The first kappa shape index (κ1) is 11.4. The zero-order valence-electron chi connectivity index (χ0n) is 9.87. The smallest absolute Gasteiger partial charge is 0.0469 e. The topological polar surface area (TPSA) is 24.5 Å². The molecule has 0 bridgehead atoms. The van der Waals surface area contributed by atoms with E-state index in [4.69, 9.17) is 4.74 Å². The van der Waals surface area contributed by atoms with Gasteiger partial charge in [0.2, 0.25) is 0 Å². The highest BCUT2D eigenvalue weighted by Gasteiger charge is 2.24. The molecule has 0 aromatic heterocycles. The summed E-state index contributed by atoms with van der Waals surface area (Å²) >= 11 is 0. The second kappa shape index (κ2) is 5.83. The van der Waals surface area contributed by atoms with E-state index in [0.717, 1.165) is 25.0 Å². The molecule has 3 nitrogen and oxygen atoms in total. The van der Waals surface area contributed by atoms with Crippen LogP contribution in [0.4, 0.5) is 0 Å². The molecular weight excluding hydrogens is 188 g/mol. The molecule has 2 saturated heterocycles. The quantitative estimate of drug-likeness (QED) is 0.751. The van der Waals surface area contributed by atoms with Gasteiger partial charge >= 0.3 is 0 Å². The molecular formula is C12H24N2O. The first-order chi connectivity index (χ1) is 7.38. The molecule has 3 heteroatoms. The lowest BCUT2D eigenvalue weighted by Gasteiger charge is -2.26. The number of rotatable bonds is 4. The number of nitrogens with zero attached hydrogens (tertiary/aromatic N) is 1. The fourth-order valence-electron chi connectivity index (χ4n) is 2.83. The molecule has 88 valence electrons. The van der Waals surface area contributed by atoms with E-state index in [1.807, 2.05) is 0 Å². The summed E-state index contributed by atoms with van der Waals surface area (Å²) in [5.74, 6) is 1.78. The summed E-state index contributed by atoms with van der Waals surface area (Å²) in [7, 11) is 2.06. The molecule has 1 atom stereocenters. The summed E-state index contributed by atoms with van der Waals surface area (Å²) in [6, 6.07) is 0. The average Bonchev–Trinajstić information content (AvgIpc) is 2.68. The molecule has 0 aromatic carbocycles. The Morgan fingerprint density at radius 1 is 1.20 bits per heavy atom. The Hall–Kier alpha value is -0.120. The van der Waals surface area contributed by atoms with E-state index < -0.39 is 0 Å². The fraction of sp³-hybridized carbons (Fsp3) is 1.00. The van der Waals surface area contributed by atoms with Crippen LogP contribution in [0.3, 0.4) is 0 Å². The molecule has 2 rings (SSSR count). The summed E-state index contributed by atoms with van der Waals surface area (Å²) < 4.78 is 5.40. The van der Waals surface area contributed by atoms with Gasteiger partial charge in [-0.15, -0.1) is 0 Å². The summed E-state index contributed by atoms with van der Waals surface area (Å²) in [6.45, 7) is 7.08. The minimum atomic E-state index is 0.884. The minimum Gasteiger partial charge on any atom is -0.381 e. The van der Waals surface area contributed by atoms with Gasteiger partial charge in [-0.3, -0.25) is 0 Å². The average molecular weight is 212 g/mol. The largest absolute Gasteiger partial charge is 0.381 e. The zero-order chi connectivity index (χ0) is 10.5. The monoisotopic (exact) mass is 212 g/mol. The lowest BCUT2D eigenvalue weighted by Crippen LogP contribution is -2.31. The molecule has 15 heavy (non-hydrogen) atoms. The van der Waals surface area contributed by atoms with Crippen LogP contribution in [0, 0.1) is 11.8 Å². The summed E-state index contributed by atoms with van der Waals surface area (Å²) in [4.78, 5) is 2.65. The Labute approximate surface area is 93.2 Å². The van der Waals surface area contributed by atoms with Crippen molar-refractivity contribution in [2.24, 2.45) is 11.8 Å². The van der Waals surface area contributed by atoms with Crippen LogP contribution in [0.1, 0.15) is 19.3 Å². The molecule has 0 aromatic rings. The van der Waals surface area contributed by atoms with Crippen LogP contribution in [0.5, 0.6) is 0 Å². The number of hydrogen-bond acceptors (Lipinski definition) is 3. The van der Waals surface area contributed by atoms with Gasteiger partial charge in [0.15, 0.2) is 0 Å². The van der Waals surface area contributed by atoms with Gasteiger partial charge in [-0.1, -0.05) is 0 Å². The highest BCUT2D eigenvalue weighted by molar-refractivity contribution is 4.79. The van der Waals surface area contributed by atoms with Crippen molar-refractivity contribution in [1.29, 1.82) is 0 Å². The minimum absolute atomic E-state index is 0.884. The molecule has 0 saturated carbocycles. The van der Waals surface area contributed by atoms with E-state index >= 15 is 0 Å². The summed E-state index contributed by atoms with van der Waals surface area (Å²) in [6.07, 6.45) is 3.92. The SMILES string of the molecule is CNCC1CCN(CC2CCOCC2)C1. The van der Waals surface area contributed by atoms with Gasteiger partial charge in [0.1, 0.15) is 0 Å². The molecule has 0 radical (unpaired) electrons. The van der Waals surface area contributed by atoms with E-state index in [2.05, 4.69) is 17.3 Å². The summed E-state index contributed by atoms with van der Waals surface area (Å²) in [5.41, 5.74) is 0. The van der Waals surface area contributed by atoms with Crippen LogP contribution in [-0.4, -0.2) is 51.3 Å². The van der Waals surface area contributed by atoms with Gasteiger partial charge in [-0.25, -0.2) is 0 Å². The van der Waals surface area contributed by atoms with Gasteiger partial charge < -0.3 is 15.0 Å². The maximum absolute atomic E-state index is 5.40. The van der Waals surface area contributed by atoms with Crippen molar-refractivity contribution >= 4 is 0 Å². The van der Waals surface area contributed by atoms with Crippen molar-refractivity contribution < 1.29 is 4.74 Å². The van der Waals surface area contributed by atoms with Crippen molar-refractivity contribution in [2.45, 2.75) is 19.3 Å². The van der Waals surface area contributed by atoms with Crippen molar-refractivity contribution in [3.63, 3.8) is 0 Å². The Bertz CT molecular complexity index is 180. The number of likely N-dealkylation sites (tertiary alicyclic amines) is 1. The van der Waals surface area contributed by atoms with Crippen molar-refractivity contribution in [2.75, 3.05) is 46.4 Å². The van der Waals surface area contributed by atoms with Gasteiger partial charge in [0.05, 0.1) is 0 Å². The van der Waals surface area contributed by atoms with Crippen LogP contribution in [-0.2, 0) is 4.74 Å². The Balaban J connectivity index is 1.67. The number of hydrogen-bond donors (Lipinski definition) is 1. The Morgan fingerprint density at radius 3 is 2.73 bits per heavy atom. The van der Waals surface area contributed by atoms with Gasteiger partial charge in [-0.2, -0.15) is 0 Å². The van der Waals surface area contributed by atoms with Crippen LogP contribution in [0.15, 0.2) is 0 Å². The lowest BCUT2D eigenvalue weighted by molar-refractivity contribution is 0.0551. The molecule has 0 amide bonds. The van der Waals surface area contributed by atoms with Gasteiger partial charge in [0.25, 0.3) is 0 Å². The Kier molecular flexibility index (Phi) is 4.42. The standard InChI is InChI=1S/C12H24N2O/c1-13-8-12-2-5-14(10-12)9-11-3-6-15-7-4-11/h11-13H,2-10H2,1H3. The van der Waals surface area contributed by atoms with E-state index in [-0.39, 0.29) is 0 Å². The van der Waals surface area contributed by atoms with E-state index in [1.165, 1.54) is 45.4 Å². The third kappa shape index (κ3) is 3.44.